The Balaban J connectivity index is 0.00000364. The van der Waals surface area contributed by atoms with Crippen LogP contribution in [-0.4, -0.2) is 58.0 Å². The van der Waals surface area contributed by atoms with Crippen LogP contribution >= 0.6 is 12.4 Å². The van der Waals surface area contributed by atoms with Gasteiger partial charge in [0.25, 0.3) is 0 Å². The minimum Gasteiger partial charge on any atom is -0.383 e. The summed E-state index contributed by atoms with van der Waals surface area (Å²) in [5.74, 6) is -0.244. The highest BCUT2D eigenvalue weighted by Gasteiger charge is 2.27. The average Bonchev–Trinajstić information content (AvgIpc) is 2.64. The van der Waals surface area contributed by atoms with E-state index in [9.17, 15) is 13.2 Å². The molecule has 8 nitrogen and oxygen atoms in total. The Morgan fingerprint density at radius 1 is 1.26 bits per heavy atom. The van der Waals surface area contributed by atoms with Crippen LogP contribution in [-0.2, 0) is 19.6 Å². The van der Waals surface area contributed by atoms with Crippen LogP contribution in [0.25, 0.3) is 0 Å². The van der Waals surface area contributed by atoms with Crippen LogP contribution in [0, 0.1) is 0 Å². The van der Waals surface area contributed by atoms with E-state index in [1.165, 1.54) is 10.4 Å². The molecule has 1 aromatic rings. The van der Waals surface area contributed by atoms with Crippen molar-refractivity contribution in [2.45, 2.75) is 31.1 Å². The lowest BCUT2D eigenvalue weighted by Gasteiger charge is -2.26. The van der Waals surface area contributed by atoms with Gasteiger partial charge in [0.05, 0.1) is 29.5 Å². The number of nitrogens with one attached hydrogen (secondary N) is 2. The molecule has 0 aliphatic carbocycles. The van der Waals surface area contributed by atoms with Crippen molar-refractivity contribution in [2.75, 3.05) is 50.0 Å². The van der Waals surface area contributed by atoms with Crippen LogP contribution in [0.15, 0.2) is 23.1 Å². The first-order chi connectivity index (χ1) is 12.5. The third-order valence-corrected chi connectivity index (χ3v) is 5.98. The van der Waals surface area contributed by atoms with Gasteiger partial charge in [-0.15, -0.1) is 12.4 Å². The third-order valence-electron chi connectivity index (χ3n) is 4.09. The molecule has 0 bridgehead atoms. The predicted octanol–water partition coefficient (Wildman–Crippen LogP) is 1.63. The molecule has 1 fully saturated rings. The number of nitrogens with zero attached hydrogens (tertiary/aromatic N) is 1. The summed E-state index contributed by atoms with van der Waals surface area (Å²) in [5.41, 5.74) is 6.58. The number of unbranched alkanes of at least 4 members (excludes halogenated alkanes) is 1. The van der Waals surface area contributed by atoms with Gasteiger partial charge in [0.2, 0.25) is 15.9 Å². The molecule has 1 heterocycles. The maximum absolute atomic E-state index is 12.8. The first-order valence-electron chi connectivity index (χ1n) is 8.94. The van der Waals surface area contributed by atoms with E-state index in [-0.39, 0.29) is 36.2 Å². The molecular weight excluding hydrogens is 392 g/mol. The van der Waals surface area contributed by atoms with Crippen molar-refractivity contribution in [1.29, 1.82) is 0 Å². The van der Waals surface area contributed by atoms with E-state index in [0.717, 1.165) is 19.4 Å². The summed E-state index contributed by atoms with van der Waals surface area (Å²) in [7, 11) is -3.62. The second kappa shape index (κ2) is 11.5. The molecule has 0 unspecified atom stereocenters. The van der Waals surface area contributed by atoms with Gasteiger partial charge in [-0.2, -0.15) is 4.31 Å². The van der Waals surface area contributed by atoms with Gasteiger partial charge in [-0.1, -0.05) is 13.3 Å². The molecule has 4 N–H and O–H groups in total. The molecule has 154 valence electrons. The first kappa shape index (κ1) is 23.6. The number of benzene rings is 1. The van der Waals surface area contributed by atoms with Crippen LogP contribution in [0.4, 0.5) is 11.4 Å². The fourth-order valence-electron chi connectivity index (χ4n) is 2.62. The molecule has 1 saturated heterocycles. The Morgan fingerprint density at radius 2 is 1.96 bits per heavy atom. The minimum atomic E-state index is -3.62. The van der Waals surface area contributed by atoms with Crippen molar-refractivity contribution in [1.82, 2.24) is 4.31 Å². The van der Waals surface area contributed by atoms with Crippen molar-refractivity contribution in [3.63, 3.8) is 0 Å². The Morgan fingerprint density at radius 3 is 2.59 bits per heavy atom. The molecule has 2 rings (SSSR count). The molecule has 1 aliphatic rings. The lowest BCUT2D eigenvalue weighted by molar-refractivity contribution is -0.116. The van der Waals surface area contributed by atoms with Crippen LogP contribution in [0.3, 0.4) is 0 Å². The smallest absolute Gasteiger partial charge is 0.243 e. The SMILES string of the molecule is CCCCNc1ccc(S(=O)(=O)N2CCOCC2)cc1NC(=O)CCN.Cl. The number of hydrogen-bond acceptors (Lipinski definition) is 6. The fraction of sp³-hybridized carbons (Fsp3) is 0.588. The van der Waals surface area contributed by atoms with E-state index < -0.39 is 10.0 Å². The number of rotatable bonds is 9. The van der Waals surface area contributed by atoms with Crippen LogP contribution < -0.4 is 16.4 Å². The van der Waals surface area contributed by atoms with E-state index in [4.69, 9.17) is 10.5 Å². The largest absolute Gasteiger partial charge is 0.383 e. The Kier molecular flexibility index (Phi) is 10.0. The van der Waals surface area contributed by atoms with E-state index in [1.807, 2.05) is 0 Å². The number of amides is 1. The zero-order valence-corrected chi connectivity index (χ0v) is 17.2. The van der Waals surface area contributed by atoms with Crippen molar-refractivity contribution in [2.24, 2.45) is 5.73 Å². The molecule has 0 aromatic heterocycles. The topological polar surface area (TPSA) is 114 Å². The summed E-state index contributed by atoms with van der Waals surface area (Å²) in [4.78, 5) is 12.1. The molecule has 10 heteroatoms. The van der Waals surface area contributed by atoms with Gasteiger partial charge in [0.15, 0.2) is 0 Å². The highest BCUT2D eigenvalue weighted by molar-refractivity contribution is 7.89. The zero-order chi connectivity index (χ0) is 19.0. The number of halogens is 1. The summed E-state index contributed by atoms with van der Waals surface area (Å²) < 4.78 is 32.3. The normalized spacial score (nSPS) is 15.0. The second-order valence-corrected chi connectivity index (χ2v) is 8.03. The summed E-state index contributed by atoms with van der Waals surface area (Å²) in [6.45, 7) is 4.49. The summed E-state index contributed by atoms with van der Waals surface area (Å²) in [6, 6.07) is 4.77. The maximum atomic E-state index is 12.8. The molecule has 0 radical (unpaired) electrons. The number of hydrogen-bond donors (Lipinski definition) is 3. The number of carbonyl (C=O) groups is 1. The van der Waals surface area contributed by atoms with Crippen molar-refractivity contribution in [3.8, 4) is 0 Å². The Labute approximate surface area is 167 Å². The van der Waals surface area contributed by atoms with Crippen molar-refractivity contribution < 1.29 is 17.9 Å². The first-order valence-corrected chi connectivity index (χ1v) is 10.4. The lowest BCUT2D eigenvalue weighted by Crippen LogP contribution is -2.40. The van der Waals surface area contributed by atoms with E-state index in [1.54, 1.807) is 12.1 Å². The summed E-state index contributed by atoms with van der Waals surface area (Å²) in [6.07, 6.45) is 2.18. The summed E-state index contributed by atoms with van der Waals surface area (Å²) >= 11 is 0. The highest BCUT2D eigenvalue weighted by atomic mass is 35.5. The number of anilines is 2. The number of ether oxygens (including phenoxy) is 1. The molecule has 1 aliphatic heterocycles. The van der Waals surface area contributed by atoms with Gasteiger partial charge < -0.3 is 21.1 Å². The second-order valence-electron chi connectivity index (χ2n) is 6.09. The number of morpholine rings is 1. The quantitative estimate of drug-likeness (QED) is 0.523. The lowest BCUT2D eigenvalue weighted by atomic mass is 10.2. The van der Waals surface area contributed by atoms with Gasteiger partial charge in [-0.3, -0.25) is 4.79 Å². The number of carbonyl (C=O) groups excluding carboxylic acids is 1. The Bertz CT molecular complexity index is 709. The molecule has 0 spiro atoms. The van der Waals surface area contributed by atoms with E-state index in [0.29, 0.717) is 37.7 Å². The highest BCUT2D eigenvalue weighted by Crippen LogP contribution is 2.28. The monoisotopic (exact) mass is 420 g/mol. The number of nitrogens with two attached hydrogens (primary N) is 1. The number of sulfonamides is 1. The van der Waals surface area contributed by atoms with E-state index >= 15 is 0 Å². The fourth-order valence-corrected chi connectivity index (χ4v) is 4.06. The molecule has 27 heavy (non-hydrogen) atoms. The molecule has 1 aromatic carbocycles. The van der Waals surface area contributed by atoms with Gasteiger partial charge in [0, 0.05) is 32.6 Å². The Hall–Kier alpha value is -1.39. The average molecular weight is 421 g/mol. The van der Waals surface area contributed by atoms with Gasteiger partial charge in [-0.05, 0) is 24.6 Å². The van der Waals surface area contributed by atoms with Crippen LogP contribution in [0.2, 0.25) is 0 Å². The minimum absolute atomic E-state index is 0. The summed E-state index contributed by atoms with van der Waals surface area (Å²) in [5, 5.41) is 6.01. The predicted molar refractivity (Wildman–Crippen MR) is 109 cm³/mol. The molecular formula is C17H29ClN4O4S. The van der Waals surface area contributed by atoms with Gasteiger partial charge in [0.1, 0.15) is 0 Å². The van der Waals surface area contributed by atoms with E-state index in [2.05, 4.69) is 17.6 Å². The third kappa shape index (κ3) is 6.62. The molecule has 0 saturated carbocycles. The molecule has 1 amide bonds. The standard InChI is InChI=1S/C17H28N4O4S.ClH/c1-2-3-8-19-15-5-4-14(13-16(15)20-17(22)6-7-18)26(23,24)21-9-11-25-12-10-21;/h4-5,13,19H,2-3,6-12,18H2,1H3,(H,20,22);1H. The molecule has 0 atom stereocenters. The van der Waals surface area contributed by atoms with Crippen molar-refractivity contribution in [3.05, 3.63) is 18.2 Å². The van der Waals surface area contributed by atoms with Crippen LogP contribution in [0.5, 0.6) is 0 Å². The van der Waals surface area contributed by atoms with Crippen LogP contribution in [0.1, 0.15) is 26.2 Å². The van der Waals surface area contributed by atoms with Gasteiger partial charge in [-0.25, -0.2) is 8.42 Å². The maximum Gasteiger partial charge on any atom is 0.243 e. The zero-order valence-electron chi connectivity index (χ0n) is 15.6. The van der Waals surface area contributed by atoms with Gasteiger partial charge >= 0.3 is 0 Å². The van der Waals surface area contributed by atoms with Crippen molar-refractivity contribution >= 4 is 39.7 Å².